The van der Waals surface area contributed by atoms with Gasteiger partial charge in [0.25, 0.3) is 0 Å². The van der Waals surface area contributed by atoms with Crippen molar-refractivity contribution in [1.82, 2.24) is 9.88 Å². The van der Waals surface area contributed by atoms with Crippen LogP contribution in [0, 0.1) is 29.8 Å². The number of aliphatic hydroxyl groups is 2. The Bertz CT molecular complexity index is 1210. The van der Waals surface area contributed by atoms with E-state index < -0.39 is 23.6 Å². The van der Waals surface area contributed by atoms with Gasteiger partial charge in [0.2, 0.25) is 0 Å². The summed E-state index contributed by atoms with van der Waals surface area (Å²) in [4.78, 5) is 7.10. The second-order valence-corrected chi connectivity index (χ2v) is 11.0. The maximum Gasteiger partial charge on any atom is 0.194 e. The number of aromatic nitrogens is 1. The molecule has 200 valence electrons. The lowest BCUT2D eigenvalue weighted by atomic mass is 9.74. The summed E-state index contributed by atoms with van der Waals surface area (Å²) < 4.78 is 45.4. The van der Waals surface area contributed by atoms with Gasteiger partial charge in [-0.05, 0) is 92.6 Å². The van der Waals surface area contributed by atoms with Crippen LogP contribution in [0.5, 0.6) is 5.75 Å². The van der Waals surface area contributed by atoms with E-state index in [1.54, 1.807) is 13.3 Å². The van der Waals surface area contributed by atoms with Crippen molar-refractivity contribution >= 4 is 22.7 Å². The van der Waals surface area contributed by atoms with E-state index in [-0.39, 0.29) is 12.0 Å². The molecule has 1 fully saturated rings. The lowest BCUT2D eigenvalue weighted by Gasteiger charge is -2.41. The number of thioether (sulfide) groups is 1. The second kappa shape index (κ2) is 12.0. The number of likely N-dealkylation sites (tertiary alicyclic amines) is 1. The van der Waals surface area contributed by atoms with Crippen LogP contribution in [-0.4, -0.2) is 59.2 Å². The molecule has 0 spiro atoms. The summed E-state index contributed by atoms with van der Waals surface area (Å²) >= 11 is 1.29. The number of pyridine rings is 1. The number of fused-ring (bicyclic) bond motifs is 1. The maximum atomic E-state index is 13.4. The molecule has 2 N–H and O–H groups in total. The van der Waals surface area contributed by atoms with Crippen molar-refractivity contribution in [2.75, 3.05) is 39.1 Å². The smallest absolute Gasteiger partial charge is 0.194 e. The summed E-state index contributed by atoms with van der Waals surface area (Å²) in [7, 11) is 1.61. The number of nitrogens with zero attached hydrogens (tertiary/aromatic N) is 2. The van der Waals surface area contributed by atoms with Crippen LogP contribution in [0.4, 0.5) is 13.2 Å². The molecule has 9 heteroatoms. The summed E-state index contributed by atoms with van der Waals surface area (Å²) in [5, 5.41) is 22.3. The first-order valence-corrected chi connectivity index (χ1v) is 13.5. The molecule has 5 nitrogen and oxygen atoms in total. The molecular weight excluding hydrogens is 501 g/mol. The molecule has 2 heterocycles. The predicted octanol–water partition coefficient (Wildman–Crippen LogP) is 5.65. The molecule has 1 aromatic heterocycles. The summed E-state index contributed by atoms with van der Waals surface area (Å²) in [6, 6.07) is 7.68. The van der Waals surface area contributed by atoms with Crippen molar-refractivity contribution < 1.29 is 28.1 Å². The van der Waals surface area contributed by atoms with Crippen molar-refractivity contribution in [3.63, 3.8) is 0 Å². The van der Waals surface area contributed by atoms with E-state index >= 15 is 0 Å². The molecule has 1 saturated heterocycles. The normalized spacial score (nSPS) is 16.7. The first kappa shape index (κ1) is 27.7. The van der Waals surface area contributed by atoms with E-state index in [0.29, 0.717) is 29.2 Å². The van der Waals surface area contributed by atoms with Crippen molar-refractivity contribution in [3.8, 4) is 5.75 Å². The highest BCUT2D eigenvalue weighted by Crippen LogP contribution is 2.39. The average Bonchev–Trinajstić information content (AvgIpc) is 2.90. The lowest BCUT2D eigenvalue weighted by molar-refractivity contribution is 0.0254. The van der Waals surface area contributed by atoms with E-state index in [1.807, 2.05) is 25.1 Å². The molecule has 0 bridgehead atoms. The highest BCUT2D eigenvalue weighted by molar-refractivity contribution is 7.99. The van der Waals surface area contributed by atoms with Gasteiger partial charge in [-0.15, -0.1) is 11.8 Å². The van der Waals surface area contributed by atoms with Crippen LogP contribution < -0.4 is 4.74 Å². The van der Waals surface area contributed by atoms with Crippen molar-refractivity contribution in [2.45, 2.75) is 43.6 Å². The van der Waals surface area contributed by atoms with E-state index in [2.05, 4.69) is 9.88 Å². The summed E-state index contributed by atoms with van der Waals surface area (Å²) in [5.74, 6) is -2.47. The highest BCUT2D eigenvalue weighted by atomic mass is 32.2. The summed E-state index contributed by atoms with van der Waals surface area (Å²) in [5.41, 5.74) is 2.30. The highest BCUT2D eigenvalue weighted by Gasteiger charge is 2.34. The van der Waals surface area contributed by atoms with Crippen LogP contribution in [0.1, 0.15) is 42.9 Å². The number of rotatable bonds is 10. The molecule has 1 atom stereocenters. The zero-order chi connectivity index (χ0) is 26.6. The minimum atomic E-state index is -1.45. The molecule has 0 aliphatic carbocycles. The first-order chi connectivity index (χ1) is 17.7. The van der Waals surface area contributed by atoms with Gasteiger partial charge in [0.15, 0.2) is 17.5 Å². The van der Waals surface area contributed by atoms with Crippen LogP contribution in [0.3, 0.4) is 0 Å². The van der Waals surface area contributed by atoms with Crippen LogP contribution in [0.25, 0.3) is 10.9 Å². The third kappa shape index (κ3) is 6.39. The van der Waals surface area contributed by atoms with Gasteiger partial charge in [0.1, 0.15) is 5.75 Å². The van der Waals surface area contributed by atoms with Gasteiger partial charge in [-0.2, -0.15) is 0 Å². The maximum absolute atomic E-state index is 13.4. The van der Waals surface area contributed by atoms with Crippen LogP contribution in [0.2, 0.25) is 0 Å². The van der Waals surface area contributed by atoms with Gasteiger partial charge in [0, 0.05) is 35.4 Å². The Morgan fingerprint density at radius 3 is 2.49 bits per heavy atom. The molecule has 0 saturated carbocycles. The zero-order valence-electron chi connectivity index (χ0n) is 21.1. The molecule has 0 unspecified atom stereocenters. The Morgan fingerprint density at radius 1 is 1.14 bits per heavy atom. The fourth-order valence-electron chi connectivity index (χ4n) is 5.09. The first-order valence-electron chi connectivity index (χ1n) is 12.5. The third-order valence-electron chi connectivity index (χ3n) is 7.48. The van der Waals surface area contributed by atoms with Crippen molar-refractivity contribution in [1.29, 1.82) is 0 Å². The van der Waals surface area contributed by atoms with E-state index in [9.17, 15) is 23.4 Å². The molecule has 0 amide bonds. The Labute approximate surface area is 219 Å². The van der Waals surface area contributed by atoms with E-state index in [0.717, 1.165) is 66.6 Å². The largest absolute Gasteiger partial charge is 0.497 e. The van der Waals surface area contributed by atoms with Gasteiger partial charge in [-0.3, -0.25) is 4.98 Å². The summed E-state index contributed by atoms with van der Waals surface area (Å²) in [6.45, 7) is 4.30. The number of aryl methyl sites for hydroxylation is 1. The van der Waals surface area contributed by atoms with Crippen molar-refractivity contribution in [3.05, 3.63) is 65.1 Å². The third-order valence-corrected chi connectivity index (χ3v) is 8.44. The van der Waals surface area contributed by atoms with Crippen molar-refractivity contribution in [2.24, 2.45) is 5.41 Å². The number of methoxy groups -OCH3 is 1. The number of hydrogen-bond donors (Lipinski definition) is 2. The molecule has 0 radical (unpaired) electrons. The Kier molecular flexibility index (Phi) is 9.00. The SMILES string of the molecule is COc1ccc2ncc(C)c([C@@H](O)CCC3(CO)CCN(CCSc4cc(F)c(F)c(F)c4)CC3)c2c1. The monoisotopic (exact) mass is 534 g/mol. The fraction of sp³-hybridized carbons (Fsp3) is 0.464. The van der Waals surface area contributed by atoms with E-state index in [1.165, 1.54) is 11.8 Å². The lowest BCUT2D eigenvalue weighted by Crippen LogP contribution is -2.43. The van der Waals surface area contributed by atoms with Crippen LogP contribution in [-0.2, 0) is 0 Å². The molecular formula is C28H33F3N2O3S. The molecule has 37 heavy (non-hydrogen) atoms. The molecule has 1 aliphatic rings. The number of aliphatic hydroxyl groups excluding tert-OH is 2. The molecule has 4 rings (SSSR count). The fourth-order valence-corrected chi connectivity index (χ4v) is 6.05. The molecule has 3 aromatic rings. The minimum Gasteiger partial charge on any atom is -0.497 e. The van der Waals surface area contributed by atoms with Gasteiger partial charge in [-0.25, -0.2) is 13.2 Å². The standard InChI is InChI=1S/C28H33F3N2O3S/c1-18-16-32-24-4-3-19(36-2)13-21(24)26(18)25(35)5-6-28(17-34)7-9-33(10-8-28)11-12-37-20-14-22(29)27(31)23(30)15-20/h3-4,13-16,25,34-35H,5-12,17H2,1-2H3/t25-/m0/s1. The Hall–Kier alpha value is -2.33. The van der Waals surface area contributed by atoms with E-state index in [4.69, 9.17) is 4.74 Å². The number of benzene rings is 2. The van der Waals surface area contributed by atoms with Gasteiger partial charge < -0.3 is 19.8 Å². The van der Waals surface area contributed by atoms with Crippen LogP contribution >= 0.6 is 11.8 Å². The topological polar surface area (TPSA) is 65.8 Å². The number of piperidine rings is 1. The van der Waals surface area contributed by atoms with Gasteiger partial charge in [0.05, 0.1) is 18.7 Å². The zero-order valence-corrected chi connectivity index (χ0v) is 22.0. The minimum absolute atomic E-state index is 0.0559. The van der Waals surface area contributed by atoms with Crippen LogP contribution in [0.15, 0.2) is 41.4 Å². The van der Waals surface area contributed by atoms with Gasteiger partial charge >= 0.3 is 0 Å². The predicted molar refractivity (Wildman–Crippen MR) is 139 cm³/mol. The molecule has 1 aliphatic heterocycles. The van der Waals surface area contributed by atoms with Gasteiger partial charge in [-0.1, -0.05) is 0 Å². The Morgan fingerprint density at radius 2 is 1.84 bits per heavy atom. The number of hydrogen-bond acceptors (Lipinski definition) is 6. The molecule has 2 aromatic carbocycles. The average molecular weight is 535 g/mol. The number of ether oxygens (including phenoxy) is 1. The number of halogens is 3. The second-order valence-electron chi connectivity index (χ2n) is 9.84. The summed E-state index contributed by atoms with van der Waals surface area (Å²) in [6.07, 6.45) is 3.89. The Balaban J connectivity index is 1.32. The quantitative estimate of drug-likeness (QED) is 0.259.